The number of nitrogens with zero attached hydrogens (tertiary/aromatic N) is 1. The normalized spacial score (nSPS) is 33.9. The largest absolute Gasteiger partial charge is 0.368 e. The number of carbonyl (C=O) groups is 1. The van der Waals surface area contributed by atoms with Crippen LogP contribution in [0.2, 0.25) is 0 Å². The van der Waals surface area contributed by atoms with Crippen molar-refractivity contribution in [2.24, 2.45) is 5.73 Å². The van der Waals surface area contributed by atoms with Crippen molar-refractivity contribution in [2.45, 2.75) is 63.1 Å². The minimum atomic E-state index is -0.437. The van der Waals surface area contributed by atoms with Crippen LogP contribution in [0.15, 0.2) is 0 Å². The third-order valence-corrected chi connectivity index (χ3v) is 4.38. The number of hydrogen-bond donors (Lipinski definition) is 2. The standard InChI is InChI=1S/C13H25N3O/c1-3-16(2)11-5-4-8-13(9-11,12(14)17)15-10-6-7-10/h10-11,15H,3-9H2,1-2H3,(H2,14,17). The highest BCUT2D eigenvalue weighted by molar-refractivity contribution is 5.85. The molecule has 0 spiro atoms. The molecule has 2 rings (SSSR count). The van der Waals surface area contributed by atoms with E-state index in [9.17, 15) is 4.79 Å². The van der Waals surface area contributed by atoms with Gasteiger partial charge in [-0.2, -0.15) is 0 Å². The Hall–Kier alpha value is -0.610. The van der Waals surface area contributed by atoms with Gasteiger partial charge in [0.15, 0.2) is 0 Å². The molecule has 98 valence electrons. The molecular formula is C13H25N3O. The van der Waals surface area contributed by atoms with E-state index in [2.05, 4.69) is 24.2 Å². The minimum Gasteiger partial charge on any atom is -0.368 e. The molecule has 0 heterocycles. The van der Waals surface area contributed by atoms with Crippen LogP contribution in [0.4, 0.5) is 0 Å². The maximum Gasteiger partial charge on any atom is 0.237 e. The predicted molar refractivity (Wildman–Crippen MR) is 68.6 cm³/mol. The first-order chi connectivity index (χ1) is 8.07. The zero-order valence-electron chi connectivity index (χ0n) is 11.0. The number of hydrogen-bond acceptors (Lipinski definition) is 3. The van der Waals surface area contributed by atoms with Crippen molar-refractivity contribution >= 4 is 5.91 Å². The highest BCUT2D eigenvalue weighted by atomic mass is 16.1. The summed E-state index contributed by atoms with van der Waals surface area (Å²) in [4.78, 5) is 14.2. The number of nitrogens with two attached hydrogens (primary N) is 1. The molecule has 2 fully saturated rings. The van der Waals surface area contributed by atoms with E-state index in [1.807, 2.05) is 0 Å². The molecule has 0 saturated heterocycles. The van der Waals surface area contributed by atoms with E-state index in [-0.39, 0.29) is 5.91 Å². The highest BCUT2D eigenvalue weighted by Gasteiger charge is 2.45. The van der Waals surface area contributed by atoms with Gasteiger partial charge < -0.3 is 16.0 Å². The number of rotatable bonds is 5. The smallest absolute Gasteiger partial charge is 0.237 e. The molecule has 0 aliphatic heterocycles. The molecule has 17 heavy (non-hydrogen) atoms. The van der Waals surface area contributed by atoms with Gasteiger partial charge in [-0.3, -0.25) is 4.79 Å². The summed E-state index contributed by atoms with van der Waals surface area (Å²) in [6, 6.07) is 1.03. The summed E-state index contributed by atoms with van der Waals surface area (Å²) in [6.07, 6.45) is 6.46. The molecular weight excluding hydrogens is 214 g/mol. The number of nitrogens with one attached hydrogen (secondary N) is 1. The van der Waals surface area contributed by atoms with Gasteiger partial charge in [0.2, 0.25) is 5.91 Å². The Morgan fingerprint density at radius 1 is 1.47 bits per heavy atom. The Morgan fingerprint density at radius 3 is 2.71 bits per heavy atom. The summed E-state index contributed by atoms with van der Waals surface area (Å²) in [6.45, 7) is 3.19. The van der Waals surface area contributed by atoms with Gasteiger partial charge in [0.05, 0.1) is 5.54 Å². The summed E-state index contributed by atoms with van der Waals surface area (Å²) >= 11 is 0. The van der Waals surface area contributed by atoms with Gasteiger partial charge in [-0.15, -0.1) is 0 Å². The maximum absolute atomic E-state index is 11.8. The molecule has 2 unspecified atom stereocenters. The van der Waals surface area contributed by atoms with E-state index in [1.165, 1.54) is 19.3 Å². The quantitative estimate of drug-likeness (QED) is 0.748. The monoisotopic (exact) mass is 239 g/mol. The van der Waals surface area contributed by atoms with E-state index in [0.717, 1.165) is 25.8 Å². The van der Waals surface area contributed by atoms with E-state index in [0.29, 0.717) is 12.1 Å². The summed E-state index contributed by atoms with van der Waals surface area (Å²) in [7, 11) is 2.14. The Morgan fingerprint density at radius 2 is 2.18 bits per heavy atom. The Kier molecular flexibility index (Phi) is 3.73. The van der Waals surface area contributed by atoms with E-state index >= 15 is 0 Å². The number of carbonyl (C=O) groups excluding carboxylic acids is 1. The van der Waals surface area contributed by atoms with Gasteiger partial charge in [0.1, 0.15) is 0 Å². The molecule has 0 bridgehead atoms. The zero-order valence-corrected chi connectivity index (χ0v) is 11.0. The fourth-order valence-electron chi connectivity index (χ4n) is 2.92. The molecule has 1 amide bonds. The first-order valence-corrected chi connectivity index (χ1v) is 6.85. The van der Waals surface area contributed by atoms with Gasteiger partial charge in [-0.05, 0) is 52.1 Å². The van der Waals surface area contributed by atoms with E-state index in [4.69, 9.17) is 5.73 Å². The predicted octanol–water partition coefficient (Wildman–Crippen LogP) is 0.857. The molecule has 0 radical (unpaired) electrons. The summed E-state index contributed by atoms with van der Waals surface area (Å²) < 4.78 is 0. The molecule has 4 heteroatoms. The van der Waals surface area contributed by atoms with Crippen molar-refractivity contribution in [2.75, 3.05) is 13.6 Å². The van der Waals surface area contributed by atoms with Crippen LogP contribution in [0.1, 0.15) is 45.4 Å². The SMILES string of the molecule is CCN(C)C1CCCC(NC2CC2)(C(N)=O)C1. The van der Waals surface area contributed by atoms with Gasteiger partial charge >= 0.3 is 0 Å². The van der Waals surface area contributed by atoms with Gasteiger partial charge in [-0.1, -0.05) is 6.92 Å². The maximum atomic E-state index is 11.8. The van der Waals surface area contributed by atoms with Gasteiger partial charge in [-0.25, -0.2) is 0 Å². The van der Waals surface area contributed by atoms with Crippen LogP contribution < -0.4 is 11.1 Å². The fraction of sp³-hybridized carbons (Fsp3) is 0.923. The second kappa shape index (κ2) is 4.94. The van der Waals surface area contributed by atoms with E-state index < -0.39 is 5.54 Å². The Bertz CT molecular complexity index is 290. The van der Waals surface area contributed by atoms with E-state index in [1.54, 1.807) is 0 Å². The molecule has 0 aromatic rings. The van der Waals surface area contributed by atoms with Crippen LogP contribution in [0.5, 0.6) is 0 Å². The Balaban J connectivity index is 2.06. The van der Waals surface area contributed by atoms with Crippen LogP contribution in [-0.2, 0) is 4.79 Å². The molecule has 2 atom stereocenters. The average molecular weight is 239 g/mol. The van der Waals surface area contributed by atoms with Crippen molar-refractivity contribution in [3.8, 4) is 0 Å². The van der Waals surface area contributed by atoms with Crippen LogP contribution >= 0.6 is 0 Å². The van der Waals surface area contributed by atoms with Gasteiger partial charge in [0, 0.05) is 12.1 Å². The van der Waals surface area contributed by atoms with Crippen LogP contribution in [-0.4, -0.2) is 42.0 Å². The number of amides is 1. The second-order valence-corrected chi connectivity index (χ2v) is 5.69. The average Bonchev–Trinajstić information content (AvgIpc) is 3.12. The lowest BCUT2D eigenvalue weighted by Crippen LogP contribution is -2.61. The van der Waals surface area contributed by atoms with Crippen molar-refractivity contribution in [1.29, 1.82) is 0 Å². The fourth-order valence-corrected chi connectivity index (χ4v) is 2.92. The van der Waals surface area contributed by atoms with Crippen LogP contribution in [0, 0.1) is 0 Å². The lowest BCUT2D eigenvalue weighted by atomic mass is 9.77. The third kappa shape index (κ3) is 2.80. The van der Waals surface area contributed by atoms with Gasteiger partial charge in [0.25, 0.3) is 0 Å². The zero-order chi connectivity index (χ0) is 12.5. The molecule has 0 aromatic carbocycles. The third-order valence-electron chi connectivity index (χ3n) is 4.38. The molecule has 4 nitrogen and oxygen atoms in total. The minimum absolute atomic E-state index is 0.154. The second-order valence-electron chi connectivity index (χ2n) is 5.69. The molecule has 0 aromatic heterocycles. The van der Waals surface area contributed by atoms with Crippen molar-refractivity contribution in [1.82, 2.24) is 10.2 Å². The molecule has 2 aliphatic rings. The number of primary amides is 1. The first-order valence-electron chi connectivity index (χ1n) is 6.85. The topological polar surface area (TPSA) is 58.4 Å². The van der Waals surface area contributed by atoms with Crippen LogP contribution in [0.3, 0.4) is 0 Å². The highest BCUT2D eigenvalue weighted by Crippen LogP contribution is 2.34. The molecule has 2 saturated carbocycles. The van der Waals surface area contributed by atoms with Crippen molar-refractivity contribution < 1.29 is 4.79 Å². The lowest BCUT2D eigenvalue weighted by molar-refractivity contribution is -0.126. The summed E-state index contributed by atoms with van der Waals surface area (Å²) in [5.41, 5.74) is 5.23. The lowest BCUT2D eigenvalue weighted by Gasteiger charge is -2.42. The van der Waals surface area contributed by atoms with Crippen LogP contribution in [0.25, 0.3) is 0 Å². The summed E-state index contributed by atoms with van der Waals surface area (Å²) in [5.74, 6) is -0.154. The summed E-state index contributed by atoms with van der Waals surface area (Å²) in [5, 5.41) is 3.51. The Labute approximate surface area is 104 Å². The first kappa shape index (κ1) is 12.8. The molecule has 2 aliphatic carbocycles. The van der Waals surface area contributed by atoms with Crippen molar-refractivity contribution in [3.63, 3.8) is 0 Å². The molecule has 3 N–H and O–H groups in total. The van der Waals surface area contributed by atoms with Crippen molar-refractivity contribution in [3.05, 3.63) is 0 Å².